The van der Waals surface area contributed by atoms with Crippen molar-refractivity contribution in [3.8, 4) is 6.01 Å². The molecule has 2 fully saturated rings. The molecule has 0 unspecified atom stereocenters. The van der Waals surface area contributed by atoms with Crippen molar-refractivity contribution in [1.29, 1.82) is 0 Å². The van der Waals surface area contributed by atoms with Crippen LogP contribution in [0.25, 0.3) is 0 Å². The number of halogens is 1. The number of aromatic nitrogens is 2. The van der Waals surface area contributed by atoms with Gasteiger partial charge in [-0.15, -0.1) is 0 Å². The summed E-state index contributed by atoms with van der Waals surface area (Å²) in [5, 5.41) is 9.08. The molecule has 1 aromatic heterocycles. The van der Waals surface area contributed by atoms with Crippen molar-refractivity contribution >= 4 is 27.8 Å². The molecule has 1 amide bonds. The van der Waals surface area contributed by atoms with E-state index in [4.69, 9.17) is 9.84 Å². The quantitative estimate of drug-likeness (QED) is 0.753. The first-order chi connectivity index (χ1) is 12.0. The Morgan fingerprint density at radius 1 is 1.28 bits per heavy atom. The van der Waals surface area contributed by atoms with Crippen molar-refractivity contribution < 1.29 is 14.6 Å². The number of likely N-dealkylation sites (tertiary alicyclic amines) is 1. The van der Waals surface area contributed by atoms with Crippen LogP contribution in [0.15, 0.2) is 4.60 Å². The Hall–Kier alpha value is -1.61. The van der Waals surface area contributed by atoms with Gasteiger partial charge in [-0.3, -0.25) is 0 Å². The maximum absolute atomic E-state index is 11.1. The van der Waals surface area contributed by atoms with E-state index in [0.29, 0.717) is 49.4 Å². The van der Waals surface area contributed by atoms with E-state index in [1.165, 1.54) is 11.3 Å². The van der Waals surface area contributed by atoms with E-state index in [0.717, 1.165) is 24.3 Å². The van der Waals surface area contributed by atoms with Gasteiger partial charge in [-0.2, -0.15) is 9.97 Å². The fraction of sp³-hybridized carbons (Fsp3) is 0.688. The van der Waals surface area contributed by atoms with Gasteiger partial charge in [0, 0.05) is 37.8 Å². The van der Waals surface area contributed by atoms with E-state index in [9.17, 15) is 4.79 Å². The van der Waals surface area contributed by atoms with Gasteiger partial charge in [0.15, 0.2) is 0 Å². The van der Waals surface area contributed by atoms with E-state index in [-0.39, 0.29) is 0 Å². The lowest BCUT2D eigenvalue weighted by molar-refractivity contribution is 0.142. The van der Waals surface area contributed by atoms with Crippen LogP contribution in [0.5, 0.6) is 6.01 Å². The molecule has 0 aliphatic carbocycles. The van der Waals surface area contributed by atoms with E-state index >= 15 is 0 Å². The molecule has 0 bridgehead atoms. The Labute approximate surface area is 155 Å². The Bertz CT molecular complexity index is 636. The fourth-order valence-electron chi connectivity index (χ4n) is 3.30. The first-order valence-electron chi connectivity index (χ1n) is 8.55. The Balaban J connectivity index is 1.69. The molecule has 25 heavy (non-hydrogen) atoms. The standard InChI is InChI=1S/C16H24BrN5O3/c1-11-13(17)18-15(25-10-12-4-3-5-20(12)2)19-14(11)21-6-8-22(9-7-21)16(23)24/h12H,3-10H2,1-2H3,(H,23,24)/t12-/m0/s1. The Morgan fingerprint density at radius 2 is 2.00 bits per heavy atom. The molecule has 8 nitrogen and oxygen atoms in total. The van der Waals surface area contributed by atoms with Crippen LogP contribution in [-0.4, -0.2) is 83.4 Å². The summed E-state index contributed by atoms with van der Waals surface area (Å²) in [5.74, 6) is 0.807. The molecule has 2 aliphatic heterocycles. The third-order valence-corrected chi connectivity index (χ3v) is 5.74. The van der Waals surface area contributed by atoms with Crippen molar-refractivity contribution in [1.82, 2.24) is 19.8 Å². The molecule has 3 rings (SSSR count). The Morgan fingerprint density at radius 3 is 2.60 bits per heavy atom. The second-order valence-electron chi connectivity index (χ2n) is 6.59. The Kier molecular flexibility index (Phi) is 5.63. The highest BCUT2D eigenvalue weighted by Crippen LogP contribution is 2.27. The molecule has 138 valence electrons. The summed E-state index contributed by atoms with van der Waals surface area (Å²) < 4.78 is 6.58. The average molecular weight is 414 g/mol. The molecule has 0 aromatic carbocycles. The van der Waals surface area contributed by atoms with Gasteiger partial charge in [0.2, 0.25) is 0 Å². The number of carboxylic acid groups (broad SMARTS) is 1. The molecule has 2 aliphatic rings. The van der Waals surface area contributed by atoms with E-state index in [2.05, 4.69) is 42.7 Å². The van der Waals surface area contributed by atoms with Gasteiger partial charge in [-0.1, -0.05) is 0 Å². The fourth-order valence-corrected chi connectivity index (χ4v) is 3.63. The van der Waals surface area contributed by atoms with Crippen molar-refractivity contribution in [3.63, 3.8) is 0 Å². The van der Waals surface area contributed by atoms with Crippen LogP contribution >= 0.6 is 15.9 Å². The summed E-state index contributed by atoms with van der Waals surface area (Å²) >= 11 is 3.49. The minimum absolute atomic E-state index is 0.369. The van der Waals surface area contributed by atoms with Gasteiger partial charge < -0.3 is 24.5 Å². The van der Waals surface area contributed by atoms with Crippen molar-refractivity contribution in [2.24, 2.45) is 0 Å². The molecule has 1 aromatic rings. The third-order valence-electron chi connectivity index (χ3n) is 4.97. The highest BCUT2D eigenvalue weighted by molar-refractivity contribution is 9.10. The molecular weight excluding hydrogens is 390 g/mol. The first-order valence-corrected chi connectivity index (χ1v) is 9.35. The smallest absolute Gasteiger partial charge is 0.407 e. The maximum atomic E-state index is 11.1. The predicted octanol–water partition coefficient (Wildman–Crippen LogP) is 1.82. The molecule has 0 spiro atoms. The first kappa shape index (κ1) is 18.2. The number of anilines is 1. The van der Waals surface area contributed by atoms with Gasteiger partial charge in [-0.25, -0.2) is 4.79 Å². The zero-order chi connectivity index (χ0) is 18.0. The van der Waals surface area contributed by atoms with Crippen molar-refractivity contribution in [2.45, 2.75) is 25.8 Å². The molecule has 9 heteroatoms. The number of likely N-dealkylation sites (N-methyl/N-ethyl adjacent to an activating group) is 1. The molecular formula is C16H24BrN5O3. The average Bonchev–Trinajstić information content (AvgIpc) is 3.01. The lowest BCUT2D eigenvalue weighted by Crippen LogP contribution is -2.48. The highest BCUT2D eigenvalue weighted by atomic mass is 79.9. The van der Waals surface area contributed by atoms with Crippen molar-refractivity contribution in [2.75, 3.05) is 51.3 Å². The van der Waals surface area contributed by atoms with Gasteiger partial charge >= 0.3 is 12.1 Å². The summed E-state index contributed by atoms with van der Waals surface area (Å²) in [6.07, 6.45) is 1.46. The van der Waals surface area contributed by atoms with Gasteiger partial charge in [-0.05, 0) is 49.3 Å². The summed E-state index contributed by atoms with van der Waals surface area (Å²) in [5.41, 5.74) is 0.939. The number of ether oxygens (including phenoxy) is 1. The van der Waals surface area contributed by atoms with Crippen molar-refractivity contribution in [3.05, 3.63) is 10.2 Å². The molecule has 1 atom stereocenters. The lowest BCUT2D eigenvalue weighted by Gasteiger charge is -2.34. The molecule has 2 saturated heterocycles. The number of rotatable bonds is 4. The predicted molar refractivity (Wildman–Crippen MR) is 97.4 cm³/mol. The van der Waals surface area contributed by atoms with Crippen LogP contribution in [0, 0.1) is 6.92 Å². The minimum Gasteiger partial charge on any atom is -0.465 e. The molecule has 0 saturated carbocycles. The second kappa shape index (κ2) is 7.74. The largest absolute Gasteiger partial charge is 0.465 e. The normalized spacial score (nSPS) is 21.6. The van der Waals surface area contributed by atoms with E-state index in [1.54, 1.807) is 0 Å². The van der Waals surface area contributed by atoms with E-state index in [1.807, 2.05) is 6.92 Å². The van der Waals surface area contributed by atoms with Crippen LogP contribution in [0.4, 0.5) is 10.6 Å². The monoisotopic (exact) mass is 413 g/mol. The SMILES string of the molecule is Cc1c(Br)nc(OC[C@@H]2CCCN2C)nc1N1CCN(C(=O)O)CC1. The number of amides is 1. The summed E-state index contributed by atoms with van der Waals surface area (Å²) in [7, 11) is 2.11. The number of piperazine rings is 1. The van der Waals surface area contributed by atoms with E-state index < -0.39 is 6.09 Å². The van der Waals surface area contributed by atoms with Gasteiger partial charge in [0.1, 0.15) is 17.0 Å². The van der Waals surface area contributed by atoms with Crippen LogP contribution in [0.2, 0.25) is 0 Å². The minimum atomic E-state index is -0.870. The molecule has 0 radical (unpaired) electrons. The van der Waals surface area contributed by atoms with Crippen LogP contribution in [0.1, 0.15) is 18.4 Å². The summed E-state index contributed by atoms with van der Waals surface area (Å²) in [6.45, 7) is 5.81. The lowest BCUT2D eigenvalue weighted by atomic mass is 10.2. The topological polar surface area (TPSA) is 82.0 Å². The summed E-state index contributed by atoms with van der Waals surface area (Å²) in [4.78, 5) is 25.9. The highest BCUT2D eigenvalue weighted by Gasteiger charge is 2.25. The zero-order valence-electron chi connectivity index (χ0n) is 14.6. The number of nitrogens with zero attached hydrogens (tertiary/aromatic N) is 5. The molecule has 1 N–H and O–H groups in total. The zero-order valence-corrected chi connectivity index (χ0v) is 16.2. The summed E-state index contributed by atoms with van der Waals surface area (Å²) in [6, 6.07) is 0.777. The molecule has 3 heterocycles. The number of hydrogen-bond donors (Lipinski definition) is 1. The number of carbonyl (C=O) groups is 1. The third kappa shape index (κ3) is 4.14. The van der Waals surface area contributed by atoms with Crippen LogP contribution < -0.4 is 9.64 Å². The number of hydrogen-bond acceptors (Lipinski definition) is 6. The van der Waals surface area contributed by atoms with Crippen LogP contribution in [0.3, 0.4) is 0 Å². The second-order valence-corrected chi connectivity index (χ2v) is 7.34. The van der Waals surface area contributed by atoms with Gasteiger partial charge in [0.25, 0.3) is 0 Å². The van der Waals surface area contributed by atoms with Gasteiger partial charge in [0.05, 0.1) is 0 Å². The maximum Gasteiger partial charge on any atom is 0.407 e. The van der Waals surface area contributed by atoms with Crippen LogP contribution in [-0.2, 0) is 0 Å².